The molecule has 102 valence electrons. The molecule has 1 unspecified atom stereocenters. The molecule has 0 aliphatic rings. The average molecular weight is 269 g/mol. The summed E-state index contributed by atoms with van der Waals surface area (Å²) in [7, 11) is 2.04. The molecule has 0 spiro atoms. The van der Waals surface area contributed by atoms with Gasteiger partial charge in [0.15, 0.2) is 0 Å². The second-order valence-electron chi connectivity index (χ2n) is 4.63. The Hall–Kier alpha value is -0.570. The first-order valence-corrected chi connectivity index (χ1v) is 7.21. The van der Waals surface area contributed by atoms with Crippen LogP contribution >= 0.6 is 11.6 Å². The molecule has 0 saturated carbocycles. The molecule has 0 saturated heterocycles. The van der Waals surface area contributed by atoms with Gasteiger partial charge in [-0.15, -0.1) is 0 Å². The Morgan fingerprint density at radius 2 is 1.78 bits per heavy atom. The monoisotopic (exact) mass is 268 g/mol. The maximum absolute atomic E-state index is 5.90. The molecule has 3 heteroatoms. The second kappa shape index (κ2) is 8.52. The SMILES string of the molecule is CCN(CC)CCC(Cc1ccc(Cl)cc1)NC. The lowest BCUT2D eigenvalue weighted by atomic mass is 10.0. The van der Waals surface area contributed by atoms with Crippen molar-refractivity contribution >= 4 is 11.6 Å². The first kappa shape index (κ1) is 15.5. The smallest absolute Gasteiger partial charge is 0.0406 e. The van der Waals surface area contributed by atoms with E-state index in [0.717, 1.165) is 31.1 Å². The molecule has 1 N–H and O–H groups in total. The number of nitrogens with zero attached hydrogens (tertiary/aromatic N) is 1. The van der Waals surface area contributed by atoms with Gasteiger partial charge in [-0.1, -0.05) is 37.6 Å². The van der Waals surface area contributed by atoms with Crippen molar-refractivity contribution in [2.24, 2.45) is 0 Å². The Balaban J connectivity index is 2.44. The second-order valence-corrected chi connectivity index (χ2v) is 5.07. The summed E-state index contributed by atoms with van der Waals surface area (Å²) < 4.78 is 0. The van der Waals surface area contributed by atoms with Crippen LogP contribution < -0.4 is 5.32 Å². The van der Waals surface area contributed by atoms with Crippen LogP contribution in [0.2, 0.25) is 5.02 Å². The lowest BCUT2D eigenvalue weighted by Crippen LogP contribution is -2.33. The summed E-state index contributed by atoms with van der Waals surface area (Å²) in [5.74, 6) is 0. The van der Waals surface area contributed by atoms with Crippen LogP contribution in [0.4, 0.5) is 0 Å². The van der Waals surface area contributed by atoms with Crippen molar-refractivity contribution in [2.45, 2.75) is 32.7 Å². The number of nitrogens with one attached hydrogen (secondary N) is 1. The standard InChI is InChI=1S/C15H25ClN2/c1-4-18(5-2)11-10-15(17-3)12-13-6-8-14(16)9-7-13/h6-9,15,17H,4-5,10-12H2,1-3H3. The molecule has 0 aliphatic carbocycles. The van der Waals surface area contributed by atoms with Crippen molar-refractivity contribution in [3.8, 4) is 0 Å². The third-order valence-electron chi connectivity index (χ3n) is 3.49. The molecule has 1 aromatic carbocycles. The van der Waals surface area contributed by atoms with Crippen molar-refractivity contribution in [2.75, 3.05) is 26.7 Å². The maximum Gasteiger partial charge on any atom is 0.0406 e. The van der Waals surface area contributed by atoms with Crippen molar-refractivity contribution in [1.29, 1.82) is 0 Å². The number of hydrogen-bond donors (Lipinski definition) is 1. The number of likely N-dealkylation sites (N-methyl/N-ethyl adjacent to an activating group) is 1. The van der Waals surface area contributed by atoms with Crippen LogP contribution in [0.1, 0.15) is 25.8 Å². The quantitative estimate of drug-likeness (QED) is 0.779. The molecular weight excluding hydrogens is 244 g/mol. The highest BCUT2D eigenvalue weighted by Crippen LogP contribution is 2.12. The number of rotatable bonds is 8. The van der Waals surface area contributed by atoms with Gasteiger partial charge >= 0.3 is 0 Å². The summed E-state index contributed by atoms with van der Waals surface area (Å²) in [4.78, 5) is 2.46. The molecule has 0 aromatic heterocycles. The first-order chi connectivity index (χ1) is 8.69. The van der Waals surface area contributed by atoms with E-state index in [1.807, 2.05) is 19.2 Å². The number of hydrogen-bond acceptors (Lipinski definition) is 2. The Labute approximate surface area is 116 Å². The van der Waals surface area contributed by atoms with E-state index in [4.69, 9.17) is 11.6 Å². The van der Waals surface area contributed by atoms with Gasteiger partial charge in [0.25, 0.3) is 0 Å². The van der Waals surface area contributed by atoms with Crippen LogP contribution in [0.5, 0.6) is 0 Å². The van der Waals surface area contributed by atoms with Gasteiger partial charge in [0.1, 0.15) is 0 Å². The molecule has 0 bridgehead atoms. The molecule has 0 amide bonds. The molecule has 0 aliphatic heterocycles. The van der Waals surface area contributed by atoms with E-state index in [2.05, 4.69) is 36.2 Å². The Bertz CT molecular complexity index is 320. The van der Waals surface area contributed by atoms with Crippen LogP contribution in [0, 0.1) is 0 Å². The zero-order valence-corrected chi connectivity index (χ0v) is 12.5. The summed E-state index contributed by atoms with van der Waals surface area (Å²) in [5, 5.41) is 4.22. The average Bonchev–Trinajstić information content (AvgIpc) is 2.40. The zero-order valence-electron chi connectivity index (χ0n) is 11.7. The molecule has 2 nitrogen and oxygen atoms in total. The maximum atomic E-state index is 5.90. The molecule has 0 radical (unpaired) electrons. The lowest BCUT2D eigenvalue weighted by Gasteiger charge is -2.22. The van der Waals surface area contributed by atoms with Crippen LogP contribution in [0.15, 0.2) is 24.3 Å². The third kappa shape index (κ3) is 5.38. The van der Waals surface area contributed by atoms with Gasteiger partial charge in [-0.05, 0) is 57.2 Å². The van der Waals surface area contributed by atoms with E-state index in [9.17, 15) is 0 Å². The Morgan fingerprint density at radius 3 is 2.28 bits per heavy atom. The number of halogens is 1. The highest BCUT2D eigenvalue weighted by atomic mass is 35.5. The normalized spacial score (nSPS) is 12.9. The molecule has 1 atom stereocenters. The van der Waals surface area contributed by atoms with E-state index in [-0.39, 0.29) is 0 Å². The minimum absolute atomic E-state index is 0.534. The van der Waals surface area contributed by atoms with Gasteiger partial charge in [0.05, 0.1) is 0 Å². The highest BCUT2D eigenvalue weighted by molar-refractivity contribution is 6.30. The van der Waals surface area contributed by atoms with Gasteiger partial charge < -0.3 is 10.2 Å². The summed E-state index contributed by atoms with van der Waals surface area (Å²) in [6.07, 6.45) is 2.25. The summed E-state index contributed by atoms with van der Waals surface area (Å²) >= 11 is 5.90. The van der Waals surface area contributed by atoms with E-state index < -0.39 is 0 Å². The predicted molar refractivity (Wildman–Crippen MR) is 80.4 cm³/mol. The molecular formula is C15H25ClN2. The minimum Gasteiger partial charge on any atom is -0.317 e. The van der Waals surface area contributed by atoms with Crippen molar-refractivity contribution in [3.05, 3.63) is 34.9 Å². The van der Waals surface area contributed by atoms with E-state index >= 15 is 0 Å². The van der Waals surface area contributed by atoms with Gasteiger partial charge in [-0.25, -0.2) is 0 Å². The van der Waals surface area contributed by atoms with Gasteiger partial charge in [-0.3, -0.25) is 0 Å². The highest BCUT2D eigenvalue weighted by Gasteiger charge is 2.09. The molecule has 0 fully saturated rings. The van der Waals surface area contributed by atoms with Crippen LogP contribution in [-0.2, 0) is 6.42 Å². The van der Waals surface area contributed by atoms with Crippen molar-refractivity contribution < 1.29 is 0 Å². The molecule has 18 heavy (non-hydrogen) atoms. The molecule has 1 rings (SSSR count). The molecule has 1 aromatic rings. The van der Waals surface area contributed by atoms with Gasteiger partial charge in [0.2, 0.25) is 0 Å². The van der Waals surface area contributed by atoms with E-state index in [0.29, 0.717) is 6.04 Å². The largest absolute Gasteiger partial charge is 0.317 e. The summed E-state index contributed by atoms with van der Waals surface area (Å²) in [5.41, 5.74) is 1.35. The third-order valence-corrected chi connectivity index (χ3v) is 3.74. The Kier molecular flexibility index (Phi) is 7.33. The topological polar surface area (TPSA) is 15.3 Å². The number of benzene rings is 1. The summed E-state index contributed by atoms with van der Waals surface area (Å²) in [6, 6.07) is 8.70. The summed E-state index contributed by atoms with van der Waals surface area (Å²) in [6.45, 7) is 7.86. The zero-order chi connectivity index (χ0) is 13.4. The fraction of sp³-hybridized carbons (Fsp3) is 0.600. The Morgan fingerprint density at radius 1 is 1.17 bits per heavy atom. The van der Waals surface area contributed by atoms with E-state index in [1.165, 1.54) is 12.0 Å². The predicted octanol–water partition coefficient (Wildman–Crippen LogP) is 3.20. The van der Waals surface area contributed by atoms with Crippen molar-refractivity contribution in [3.63, 3.8) is 0 Å². The van der Waals surface area contributed by atoms with Crippen LogP contribution in [-0.4, -0.2) is 37.6 Å². The van der Waals surface area contributed by atoms with Gasteiger partial charge in [-0.2, -0.15) is 0 Å². The fourth-order valence-electron chi connectivity index (χ4n) is 2.13. The van der Waals surface area contributed by atoms with E-state index in [1.54, 1.807) is 0 Å². The molecule has 0 heterocycles. The fourth-order valence-corrected chi connectivity index (χ4v) is 2.26. The van der Waals surface area contributed by atoms with Gasteiger partial charge in [0, 0.05) is 11.1 Å². The van der Waals surface area contributed by atoms with Crippen molar-refractivity contribution in [1.82, 2.24) is 10.2 Å². The van der Waals surface area contributed by atoms with Crippen LogP contribution in [0.25, 0.3) is 0 Å². The minimum atomic E-state index is 0.534. The lowest BCUT2D eigenvalue weighted by molar-refractivity contribution is 0.283. The first-order valence-electron chi connectivity index (χ1n) is 6.83. The van der Waals surface area contributed by atoms with Crippen LogP contribution in [0.3, 0.4) is 0 Å².